The van der Waals surface area contributed by atoms with Crippen molar-refractivity contribution in [1.82, 2.24) is 0 Å². The molecule has 0 heterocycles. The first-order chi connectivity index (χ1) is 8.11. The van der Waals surface area contributed by atoms with Crippen molar-refractivity contribution in [2.45, 2.75) is 38.1 Å². The highest BCUT2D eigenvalue weighted by Crippen LogP contribution is 2.42. The first-order valence-corrected chi connectivity index (χ1v) is 7.62. The van der Waals surface area contributed by atoms with Gasteiger partial charge in [-0.25, -0.2) is 0 Å². The quantitative estimate of drug-likeness (QED) is 0.741. The molecule has 5 heteroatoms. The molecule has 0 saturated heterocycles. The van der Waals surface area contributed by atoms with Crippen LogP contribution >= 0.6 is 44.3 Å². The number of phenols is 1. The maximum absolute atomic E-state index is 10.1. The van der Waals surface area contributed by atoms with Gasteiger partial charge in [-0.1, -0.05) is 35.2 Å². The second kappa shape index (κ2) is 7.13. The van der Waals surface area contributed by atoms with E-state index < -0.39 is 0 Å². The van der Waals surface area contributed by atoms with Gasteiger partial charge in [-0.05, 0) is 46.8 Å². The summed E-state index contributed by atoms with van der Waals surface area (Å²) in [5, 5.41) is 10.1. The fourth-order valence-corrected chi connectivity index (χ4v) is 3.53. The molecule has 0 spiro atoms. The molecule has 1 saturated carbocycles. The molecule has 0 aromatic heterocycles. The Balaban J connectivity index is 0.00000162. The van der Waals surface area contributed by atoms with E-state index in [2.05, 4.69) is 31.9 Å². The van der Waals surface area contributed by atoms with Gasteiger partial charge in [0.1, 0.15) is 5.75 Å². The van der Waals surface area contributed by atoms with Crippen molar-refractivity contribution in [2.24, 2.45) is 11.7 Å². The third-order valence-electron chi connectivity index (χ3n) is 3.61. The Morgan fingerprint density at radius 3 is 2.28 bits per heavy atom. The van der Waals surface area contributed by atoms with Crippen molar-refractivity contribution in [2.75, 3.05) is 0 Å². The summed E-state index contributed by atoms with van der Waals surface area (Å²) in [6, 6.07) is 3.68. The summed E-state index contributed by atoms with van der Waals surface area (Å²) in [7, 11) is 0. The zero-order valence-electron chi connectivity index (χ0n) is 10.0. The summed E-state index contributed by atoms with van der Waals surface area (Å²) in [6.07, 6.45) is 6.16. The molecule has 0 amide bonds. The molecule has 1 atom stereocenters. The Morgan fingerprint density at radius 2 is 1.67 bits per heavy atom. The van der Waals surface area contributed by atoms with E-state index in [4.69, 9.17) is 5.73 Å². The van der Waals surface area contributed by atoms with Gasteiger partial charge in [0.2, 0.25) is 0 Å². The number of aromatic hydroxyl groups is 1. The van der Waals surface area contributed by atoms with E-state index in [0.29, 0.717) is 10.4 Å². The first-order valence-electron chi connectivity index (χ1n) is 6.03. The number of nitrogens with two attached hydrogens (primary N) is 1. The molecule has 2 rings (SSSR count). The molecule has 0 radical (unpaired) electrons. The summed E-state index contributed by atoms with van der Waals surface area (Å²) in [6.45, 7) is 0. The number of benzene rings is 1. The zero-order valence-corrected chi connectivity index (χ0v) is 14.0. The number of phenolic OH excluding ortho intramolecular Hbond substituents is 1. The minimum Gasteiger partial charge on any atom is -0.506 e. The molecular formula is C13H18Br2ClNO. The Bertz CT molecular complexity index is 408. The molecule has 3 N–H and O–H groups in total. The normalized spacial score (nSPS) is 18.2. The van der Waals surface area contributed by atoms with E-state index >= 15 is 0 Å². The van der Waals surface area contributed by atoms with Crippen LogP contribution < -0.4 is 5.73 Å². The lowest BCUT2D eigenvalue weighted by Gasteiger charge is -2.29. The van der Waals surface area contributed by atoms with Gasteiger partial charge in [-0.3, -0.25) is 0 Å². The van der Waals surface area contributed by atoms with Crippen molar-refractivity contribution < 1.29 is 5.11 Å². The molecule has 102 valence electrons. The van der Waals surface area contributed by atoms with E-state index in [0.717, 1.165) is 10.0 Å². The molecule has 1 aliphatic rings. The summed E-state index contributed by atoms with van der Waals surface area (Å²) < 4.78 is 1.61. The minimum absolute atomic E-state index is 0. The maximum Gasteiger partial charge on any atom is 0.135 e. The van der Waals surface area contributed by atoms with Crippen LogP contribution in [0.15, 0.2) is 21.1 Å². The molecule has 18 heavy (non-hydrogen) atoms. The summed E-state index contributed by atoms with van der Waals surface area (Å²) in [5.41, 5.74) is 7.17. The standard InChI is InChI=1S/C13H17Br2NO.ClH/c14-9-6-7-10(15)13(17)11(9)12(16)8-4-2-1-3-5-8;/h6-8,12,17H,1-5,16H2;1H/t12-;/m0./s1. The highest BCUT2D eigenvalue weighted by molar-refractivity contribution is 9.11. The Labute approximate surface area is 131 Å². The van der Waals surface area contributed by atoms with Crippen LogP contribution in [0.2, 0.25) is 0 Å². The Morgan fingerprint density at radius 1 is 1.11 bits per heavy atom. The molecule has 1 aromatic rings. The van der Waals surface area contributed by atoms with Gasteiger partial charge in [0.05, 0.1) is 4.47 Å². The monoisotopic (exact) mass is 397 g/mol. The van der Waals surface area contributed by atoms with Crippen LogP contribution in [0, 0.1) is 5.92 Å². The fourth-order valence-electron chi connectivity index (χ4n) is 2.60. The van der Waals surface area contributed by atoms with Crippen LogP contribution in [0.3, 0.4) is 0 Å². The van der Waals surface area contributed by atoms with Crippen molar-refractivity contribution in [3.05, 3.63) is 26.6 Å². The average Bonchev–Trinajstić information content (AvgIpc) is 2.35. The van der Waals surface area contributed by atoms with Crippen LogP contribution in [0.5, 0.6) is 5.75 Å². The third kappa shape index (κ3) is 3.41. The van der Waals surface area contributed by atoms with E-state index in [1.54, 1.807) is 0 Å². The third-order valence-corrected chi connectivity index (χ3v) is 4.94. The van der Waals surface area contributed by atoms with E-state index in [9.17, 15) is 5.11 Å². The predicted molar refractivity (Wildman–Crippen MR) is 84.3 cm³/mol. The van der Waals surface area contributed by atoms with Gasteiger partial charge < -0.3 is 10.8 Å². The number of rotatable bonds is 2. The fraction of sp³-hybridized carbons (Fsp3) is 0.538. The average molecular weight is 400 g/mol. The van der Waals surface area contributed by atoms with E-state index in [-0.39, 0.29) is 24.2 Å². The van der Waals surface area contributed by atoms with Crippen LogP contribution in [0.25, 0.3) is 0 Å². The minimum atomic E-state index is -0.0813. The zero-order chi connectivity index (χ0) is 12.4. The highest BCUT2D eigenvalue weighted by atomic mass is 79.9. The molecular weight excluding hydrogens is 381 g/mol. The lowest BCUT2D eigenvalue weighted by Crippen LogP contribution is -2.24. The van der Waals surface area contributed by atoms with Crippen LogP contribution in [-0.4, -0.2) is 5.11 Å². The molecule has 0 aliphatic heterocycles. The highest BCUT2D eigenvalue weighted by Gasteiger charge is 2.26. The van der Waals surface area contributed by atoms with Gasteiger partial charge in [-0.2, -0.15) is 0 Å². The number of halogens is 3. The smallest absolute Gasteiger partial charge is 0.135 e. The van der Waals surface area contributed by atoms with Gasteiger partial charge in [0.15, 0.2) is 0 Å². The van der Waals surface area contributed by atoms with Gasteiger partial charge in [0, 0.05) is 16.1 Å². The molecule has 1 aliphatic carbocycles. The van der Waals surface area contributed by atoms with Gasteiger partial charge in [-0.15, -0.1) is 12.4 Å². The van der Waals surface area contributed by atoms with E-state index in [1.807, 2.05) is 12.1 Å². The lowest BCUT2D eigenvalue weighted by molar-refractivity contribution is 0.302. The van der Waals surface area contributed by atoms with Crippen molar-refractivity contribution in [1.29, 1.82) is 0 Å². The Hall–Kier alpha value is 0.230. The second-order valence-corrected chi connectivity index (χ2v) is 6.42. The van der Waals surface area contributed by atoms with E-state index in [1.165, 1.54) is 32.1 Å². The largest absolute Gasteiger partial charge is 0.506 e. The summed E-state index contributed by atoms with van der Waals surface area (Å²) >= 11 is 6.83. The lowest BCUT2D eigenvalue weighted by atomic mass is 9.81. The Kier molecular flexibility index (Phi) is 6.45. The SMILES string of the molecule is Cl.N[C@H](c1c(Br)ccc(Br)c1O)C1CCCCC1. The van der Waals surface area contributed by atoms with Crippen LogP contribution in [-0.2, 0) is 0 Å². The van der Waals surface area contributed by atoms with Crippen LogP contribution in [0.4, 0.5) is 0 Å². The maximum atomic E-state index is 10.1. The van der Waals surface area contributed by atoms with Gasteiger partial charge in [0.25, 0.3) is 0 Å². The number of hydrogen-bond donors (Lipinski definition) is 2. The van der Waals surface area contributed by atoms with Crippen molar-refractivity contribution in [3.8, 4) is 5.75 Å². The van der Waals surface area contributed by atoms with Crippen molar-refractivity contribution in [3.63, 3.8) is 0 Å². The summed E-state index contributed by atoms with van der Waals surface area (Å²) in [5.74, 6) is 0.762. The molecule has 0 bridgehead atoms. The summed E-state index contributed by atoms with van der Waals surface area (Å²) in [4.78, 5) is 0. The van der Waals surface area contributed by atoms with Gasteiger partial charge >= 0.3 is 0 Å². The molecule has 0 unspecified atom stereocenters. The number of hydrogen-bond acceptors (Lipinski definition) is 2. The van der Waals surface area contributed by atoms with Crippen LogP contribution in [0.1, 0.15) is 43.7 Å². The first kappa shape index (κ1) is 16.3. The molecule has 1 fully saturated rings. The topological polar surface area (TPSA) is 46.2 Å². The predicted octanol–water partition coefficient (Wildman–Crippen LogP) is 4.92. The van der Waals surface area contributed by atoms with Crippen molar-refractivity contribution >= 4 is 44.3 Å². The second-order valence-electron chi connectivity index (χ2n) is 4.72. The molecule has 1 aromatic carbocycles. The molecule has 2 nitrogen and oxygen atoms in total.